The van der Waals surface area contributed by atoms with Gasteiger partial charge in [-0.25, -0.2) is 0 Å². The zero-order valence-corrected chi connectivity index (χ0v) is 18.2. The molecule has 0 aliphatic rings. The lowest BCUT2D eigenvalue weighted by atomic mass is 10.2. The van der Waals surface area contributed by atoms with Crippen LogP contribution >= 0.6 is 11.6 Å². The summed E-state index contributed by atoms with van der Waals surface area (Å²) in [6.45, 7) is 1.87. The summed E-state index contributed by atoms with van der Waals surface area (Å²) in [4.78, 5) is 47.3. The fourth-order valence-electron chi connectivity index (χ4n) is 2.51. The summed E-state index contributed by atoms with van der Waals surface area (Å²) >= 11 is 5.89. The number of hydrogen-bond donors (Lipinski definition) is 3. The van der Waals surface area contributed by atoms with Crippen molar-refractivity contribution in [3.05, 3.63) is 59.1 Å². The predicted octanol–water partition coefficient (Wildman–Crippen LogP) is 2.85. The zero-order chi connectivity index (χ0) is 23.3. The van der Waals surface area contributed by atoms with Crippen LogP contribution in [-0.4, -0.2) is 36.9 Å². The molecule has 3 amide bonds. The average molecular weight is 462 g/mol. The van der Waals surface area contributed by atoms with Crippen molar-refractivity contribution in [3.63, 3.8) is 0 Å². The molecular formula is C22H24ClN3O6. The van der Waals surface area contributed by atoms with E-state index in [9.17, 15) is 19.2 Å². The van der Waals surface area contributed by atoms with Gasteiger partial charge in [-0.3, -0.25) is 30.0 Å². The van der Waals surface area contributed by atoms with Crippen LogP contribution in [0.3, 0.4) is 0 Å². The maximum atomic E-state index is 12.0. The molecule has 170 valence electrons. The highest BCUT2D eigenvalue weighted by Crippen LogP contribution is 2.16. The Balaban J connectivity index is 1.60. The number of hydrazine groups is 1. The number of carbonyl (C=O) groups is 4. The van der Waals surface area contributed by atoms with Crippen LogP contribution in [0.1, 0.15) is 36.5 Å². The van der Waals surface area contributed by atoms with Gasteiger partial charge in [0.05, 0.1) is 17.2 Å². The van der Waals surface area contributed by atoms with Gasteiger partial charge in [-0.2, -0.15) is 0 Å². The highest BCUT2D eigenvalue weighted by Gasteiger charge is 2.12. The first-order chi connectivity index (χ1) is 15.4. The Labute approximate surface area is 190 Å². The smallest absolute Gasteiger partial charge is 0.306 e. The van der Waals surface area contributed by atoms with E-state index in [-0.39, 0.29) is 35.8 Å². The van der Waals surface area contributed by atoms with Gasteiger partial charge in [-0.05, 0) is 49.7 Å². The van der Waals surface area contributed by atoms with Crippen LogP contribution in [-0.2, 0) is 19.1 Å². The first-order valence-electron chi connectivity index (χ1n) is 9.91. The molecule has 0 saturated carbocycles. The molecule has 2 rings (SSSR count). The molecule has 0 aliphatic heterocycles. The van der Waals surface area contributed by atoms with Crippen molar-refractivity contribution in [2.45, 2.75) is 26.2 Å². The summed E-state index contributed by atoms with van der Waals surface area (Å²) in [5.41, 5.74) is 5.12. The average Bonchev–Trinajstić information content (AvgIpc) is 2.78. The van der Waals surface area contributed by atoms with Crippen molar-refractivity contribution < 1.29 is 28.7 Å². The van der Waals surface area contributed by atoms with Gasteiger partial charge in [0.2, 0.25) is 5.91 Å². The standard InChI is InChI=1S/C22H24ClN3O6/c1-2-31-16-12-10-15(11-13-16)24-19(27)8-5-9-21(29)32-14-20(28)25-26-22(30)17-6-3-4-7-18(17)23/h3-4,6-7,10-13H,2,5,8-9,14H2,1H3,(H,24,27)(H,25,28)(H,26,30). The summed E-state index contributed by atoms with van der Waals surface area (Å²) in [6, 6.07) is 13.3. The topological polar surface area (TPSA) is 123 Å². The normalized spacial score (nSPS) is 10.1. The fourth-order valence-corrected chi connectivity index (χ4v) is 2.73. The summed E-state index contributed by atoms with van der Waals surface area (Å²) in [5.74, 6) is -1.49. The first kappa shape index (κ1) is 24.7. The Morgan fingerprint density at radius 1 is 0.906 bits per heavy atom. The molecule has 2 aromatic carbocycles. The Morgan fingerprint density at radius 2 is 1.62 bits per heavy atom. The van der Waals surface area contributed by atoms with Crippen LogP contribution in [0.2, 0.25) is 5.02 Å². The number of benzene rings is 2. The molecule has 9 nitrogen and oxygen atoms in total. The van der Waals surface area contributed by atoms with Gasteiger partial charge in [0.15, 0.2) is 6.61 Å². The second-order valence-electron chi connectivity index (χ2n) is 6.50. The summed E-state index contributed by atoms with van der Waals surface area (Å²) in [7, 11) is 0. The molecule has 3 N–H and O–H groups in total. The number of esters is 1. The van der Waals surface area contributed by atoms with E-state index >= 15 is 0 Å². The van der Waals surface area contributed by atoms with Crippen molar-refractivity contribution >= 4 is 41.0 Å². The highest BCUT2D eigenvalue weighted by atomic mass is 35.5. The van der Waals surface area contributed by atoms with Crippen LogP contribution in [0.4, 0.5) is 5.69 Å². The zero-order valence-electron chi connectivity index (χ0n) is 17.5. The number of ether oxygens (including phenoxy) is 2. The molecule has 0 heterocycles. The lowest BCUT2D eigenvalue weighted by molar-refractivity contribution is -0.148. The molecule has 10 heteroatoms. The number of amides is 3. The molecule has 0 saturated heterocycles. The van der Waals surface area contributed by atoms with Gasteiger partial charge in [0, 0.05) is 18.5 Å². The third-order valence-electron chi connectivity index (χ3n) is 4.03. The van der Waals surface area contributed by atoms with Crippen LogP contribution < -0.4 is 20.9 Å². The van der Waals surface area contributed by atoms with E-state index in [1.54, 1.807) is 42.5 Å². The lowest BCUT2D eigenvalue weighted by Gasteiger charge is -2.09. The molecule has 32 heavy (non-hydrogen) atoms. The van der Waals surface area contributed by atoms with E-state index in [1.165, 1.54) is 6.07 Å². The maximum absolute atomic E-state index is 12.0. The first-order valence-corrected chi connectivity index (χ1v) is 10.3. The van der Waals surface area contributed by atoms with E-state index in [0.29, 0.717) is 18.0 Å². The molecule has 0 bridgehead atoms. The number of rotatable bonds is 10. The van der Waals surface area contributed by atoms with E-state index in [1.807, 2.05) is 6.92 Å². The third-order valence-corrected chi connectivity index (χ3v) is 4.36. The number of halogens is 1. The van der Waals surface area contributed by atoms with E-state index in [0.717, 1.165) is 0 Å². The highest BCUT2D eigenvalue weighted by molar-refractivity contribution is 6.33. The number of hydrogen-bond acceptors (Lipinski definition) is 6. The van der Waals surface area contributed by atoms with Gasteiger partial charge < -0.3 is 14.8 Å². The lowest BCUT2D eigenvalue weighted by Crippen LogP contribution is -2.43. The monoisotopic (exact) mass is 461 g/mol. The Kier molecular flexibility index (Phi) is 9.99. The molecule has 0 spiro atoms. The molecule has 0 unspecified atom stereocenters. The number of nitrogens with one attached hydrogen (secondary N) is 3. The summed E-state index contributed by atoms with van der Waals surface area (Å²) in [5, 5.41) is 2.95. The van der Waals surface area contributed by atoms with Gasteiger partial charge in [0.25, 0.3) is 11.8 Å². The molecule has 0 radical (unpaired) electrons. The molecule has 0 atom stereocenters. The van der Waals surface area contributed by atoms with Crippen molar-refractivity contribution in [1.29, 1.82) is 0 Å². The predicted molar refractivity (Wildman–Crippen MR) is 118 cm³/mol. The van der Waals surface area contributed by atoms with Crippen LogP contribution in [0.15, 0.2) is 48.5 Å². The van der Waals surface area contributed by atoms with E-state index in [4.69, 9.17) is 21.1 Å². The quantitative estimate of drug-likeness (QED) is 0.369. The Bertz CT molecular complexity index is 949. The van der Waals surface area contributed by atoms with Gasteiger partial charge in [0.1, 0.15) is 5.75 Å². The maximum Gasteiger partial charge on any atom is 0.306 e. The van der Waals surface area contributed by atoms with Crippen molar-refractivity contribution in [1.82, 2.24) is 10.9 Å². The van der Waals surface area contributed by atoms with Gasteiger partial charge in [-0.1, -0.05) is 23.7 Å². The minimum atomic E-state index is -0.716. The van der Waals surface area contributed by atoms with Crippen molar-refractivity contribution in [2.75, 3.05) is 18.5 Å². The summed E-state index contributed by atoms with van der Waals surface area (Å²) < 4.78 is 10.2. The number of anilines is 1. The minimum Gasteiger partial charge on any atom is -0.494 e. The molecule has 0 fully saturated rings. The fraction of sp³-hybridized carbons (Fsp3) is 0.273. The largest absolute Gasteiger partial charge is 0.494 e. The van der Waals surface area contributed by atoms with Crippen LogP contribution in [0.25, 0.3) is 0 Å². The number of carbonyl (C=O) groups excluding carboxylic acids is 4. The summed E-state index contributed by atoms with van der Waals surface area (Å²) in [6.07, 6.45) is 0.338. The minimum absolute atomic E-state index is 0.0318. The molecule has 2 aromatic rings. The second kappa shape index (κ2) is 13.0. The molecular weight excluding hydrogens is 438 g/mol. The molecule has 0 aromatic heterocycles. The molecule has 0 aliphatic carbocycles. The van der Waals surface area contributed by atoms with Crippen molar-refractivity contribution in [2.24, 2.45) is 0 Å². The second-order valence-corrected chi connectivity index (χ2v) is 6.91. The Morgan fingerprint density at radius 3 is 2.31 bits per heavy atom. The SMILES string of the molecule is CCOc1ccc(NC(=O)CCCC(=O)OCC(=O)NNC(=O)c2ccccc2Cl)cc1. The third kappa shape index (κ3) is 8.65. The Hall–Kier alpha value is -3.59. The van der Waals surface area contributed by atoms with Crippen molar-refractivity contribution in [3.8, 4) is 5.75 Å². The van der Waals surface area contributed by atoms with E-state index in [2.05, 4.69) is 16.2 Å². The van der Waals surface area contributed by atoms with E-state index < -0.39 is 24.4 Å². The van der Waals surface area contributed by atoms with Crippen LogP contribution in [0, 0.1) is 0 Å². The van der Waals surface area contributed by atoms with Gasteiger partial charge >= 0.3 is 5.97 Å². The van der Waals surface area contributed by atoms with Crippen LogP contribution in [0.5, 0.6) is 5.75 Å². The van der Waals surface area contributed by atoms with Gasteiger partial charge in [-0.15, -0.1) is 0 Å².